The molecule has 0 aliphatic heterocycles. The number of hydrogen-bond donors (Lipinski definition) is 2. The number of carbonyl (C=O) groups is 1. The molecule has 1 aromatic carbocycles. The SMILES string of the molecule is CC(O)CCNC(=O)c1cc([N+](=O)[O-])cc(Cl)c1Cl. The van der Waals surface area contributed by atoms with Crippen LogP contribution in [0.1, 0.15) is 23.7 Å². The van der Waals surface area contributed by atoms with E-state index >= 15 is 0 Å². The molecule has 8 heteroatoms. The highest BCUT2D eigenvalue weighted by Crippen LogP contribution is 2.30. The van der Waals surface area contributed by atoms with Gasteiger partial charge in [-0.05, 0) is 13.3 Å². The fourth-order valence-corrected chi connectivity index (χ4v) is 1.74. The molecule has 0 saturated heterocycles. The predicted octanol–water partition coefficient (Wildman–Crippen LogP) is 2.40. The van der Waals surface area contributed by atoms with Gasteiger partial charge in [0.25, 0.3) is 11.6 Å². The van der Waals surface area contributed by atoms with E-state index in [0.29, 0.717) is 6.42 Å². The standard InChI is InChI=1S/C11H12Cl2N2O4/c1-6(16)2-3-14-11(17)8-4-7(15(18)19)5-9(12)10(8)13/h4-6,16H,2-3H2,1H3,(H,14,17). The minimum Gasteiger partial charge on any atom is -0.393 e. The van der Waals surface area contributed by atoms with Gasteiger partial charge in [-0.1, -0.05) is 23.2 Å². The largest absolute Gasteiger partial charge is 0.393 e. The summed E-state index contributed by atoms with van der Waals surface area (Å²) in [5, 5.41) is 22.1. The zero-order valence-corrected chi connectivity index (χ0v) is 11.5. The number of rotatable bonds is 5. The number of nitrogens with one attached hydrogen (secondary N) is 1. The number of carbonyl (C=O) groups excluding carboxylic acids is 1. The molecule has 1 rings (SSSR count). The van der Waals surface area contributed by atoms with E-state index in [1.54, 1.807) is 6.92 Å². The first-order chi connectivity index (χ1) is 8.82. The molecule has 0 saturated carbocycles. The molecule has 0 aromatic heterocycles. The van der Waals surface area contributed by atoms with Crippen LogP contribution >= 0.6 is 23.2 Å². The normalized spacial score (nSPS) is 12.0. The molecule has 0 bridgehead atoms. The van der Waals surface area contributed by atoms with Crippen LogP contribution in [-0.4, -0.2) is 28.6 Å². The molecule has 104 valence electrons. The summed E-state index contributed by atoms with van der Waals surface area (Å²) >= 11 is 11.6. The molecule has 1 aromatic rings. The molecule has 6 nitrogen and oxygen atoms in total. The van der Waals surface area contributed by atoms with Gasteiger partial charge in [0.1, 0.15) is 0 Å². The first-order valence-corrected chi connectivity index (χ1v) is 6.18. The van der Waals surface area contributed by atoms with Crippen LogP contribution in [0.4, 0.5) is 5.69 Å². The fraction of sp³-hybridized carbons (Fsp3) is 0.364. The monoisotopic (exact) mass is 306 g/mol. The first-order valence-electron chi connectivity index (χ1n) is 5.42. The number of non-ortho nitro benzene ring substituents is 1. The van der Waals surface area contributed by atoms with Crippen molar-refractivity contribution in [1.82, 2.24) is 5.32 Å². The second-order valence-corrected chi connectivity index (χ2v) is 4.73. The van der Waals surface area contributed by atoms with Gasteiger partial charge in [-0.15, -0.1) is 0 Å². The van der Waals surface area contributed by atoms with Gasteiger partial charge < -0.3 is 10.4 Å². The third kappa shape index (κ3) is 4.34. The average Bonchev–Trinajstić information content (AvgIpc) is 2.31. The Balaban J connectivity index is 2.92. The third-order valence-corrected chi connectivity index (χ3v) is 3.12. The Bertz CT molecular complexity index is 506. The Hall–Kier alpha value is -1.37. The minimum absolute atomic E-state index is 0.0400. The lowest BCUT2D eigenvalue weighted by Gasteiger charge is -2.08. The highest BCUT2D eigenvalue weighted by Gasteiger charge is 2.19. The molecule has 0 fully saturated rings. The van der Waals surface area contributed by atoms with E-state index in [-0.39, 0.29) is 27.8 Å². The van der Waals surface area contributed by atoms with Crippen molar-refractivity contribution in [2.75, 3.05) is 6.54 Å². The summed E-state index contributed by atoms with van der Waals surface area (Å²) in [5.41, 5.74) is -0.374. The van der Waals surface area contributed by atoms with Crippen molar-refractivity contribution in [1.29, 1.82) is 0 Å². The maximum Gasteiger partial charge on any atom is 0.271 e. The quantitative estimate of drug-likeness (QED) is 0.645. The van der Waals surface area contributed by atoms with Crippen LogP contribution in [0.2, 0.25) is 10.0 Å². The van der Waals surface area contributed by atoms with Crippen molar-refractivity contribution in [3.8, 4) is 0 Å². The summed E-state index contributed by atoms with van der Waals surface area (Å²) in [4.78, 5) is 21.8. The van der Waals surface area contributed by atoms with E-state index in [0.717, 1.165) is 12.1 Å². The molecule has 0 spiro atoms. The number of halogens is 2. The number of nitrogens with zero attached hydrogens (tertiary/aromatic N) is 1. The number of nitro benzene ring substituents is 1. The van der Waals surface area contributed by atoms with Crippen LogP contribution in [-0.2, 0) is 0 Å². The van der Waals surface area contributed by atoms with Crippen molar-refractivity contribution in [2.24, 2.45) is 0 Å². The van der Waals surface area contributed by atoms with Crippen LogP contribution in [0.5, 0.6) is 0 Å². The van der Waals surface area contributed by atoms with Crippen LogP contribution < -0.4 is 5.32 Å². The van der Waals surface area contributed by atoms with Crippen LogP contribution in [0, 0.1) is 10.1 Å². The van der Waals surface area contributed by atoms with Crippen molar-refractivity contribution >= 4 is 34.8 Å². The van der Waals surface area contributed by atoms with Crippen molar-refractivity contribution in [3.63, 3.8) is 0 Å². The average molecular weight is 307 g/mol. The Morgan fingerprint density at radius 3 is 2.68 bits per heavy atom. The molecule has 0 radical (unpaired) electrons. The molecule has 1 amide bonds. The van der Waals surface area contributed by atoms with Crippen molar-refractivity contribution < 1.29 is 14.8 Å². The summed E-state index contributed by atoms with van der Waals surface area (Å²) in [6.45, 7) is 1.82. The summed E-state index contributed by atoms with van der Waals surface area (Å²) in [6.07, 6.45) is -0.184. The van der Waals surface area contributed by atoms with Crippen LogP contribution in [0.15, 0.2) is 12.1 Å². The number of aliphatic hydroxyl groups is 1. The maximum absolute atomic E-state index is 11.8. The van der Waals surface area contributed by atoms with Gasteiger partial charge in [-0.3, -0.25) is 14.9 Å². The van der Waals surface area contributed by atoms with Gasteiger partial charge >= 0.3 is 0 Å². The first kappa shape index (κ1) is 15.7. The van der Waals surface area contributed by atoms with Gasteiger partial charge in [-0.25, -0.2) is 0 Å². The lowest BCUT2D eigenvalue weighted by molar-refractivity contribution is -0.384. The van der Waals surface area contributed by atoms with Crippen molar-refractivity contribution in [2.45, 2.75) is 19.4 Å². The Labute approximate surface area is 119 Å². The second kappa shape index (κ2) is 6.70. The lowest BCUT2D eigenvalue weighted by atomic mass is 10.2. The van der Waals surface area contributed by atoms with Gasteiger partial charge in [0.05, 0.1) is 26.6 Å². The topological polar surface area (TPSA) is 92.5 Å². The summed E-state index contributed by atoms with van der Waals surface area (Å²) < 4.78 is 0. The zero-order valence-electron chi connectivity index (χ0n) is 10.0. The van der Waals surface area contributed by atoms with Crippen LogP contribution in [0.25, 0.3) is 0 Å². The summed E-state index contributed by atoms with van der Waals surface area (Å²) in [7, 11) is 0. The molecule has 0 aliphatic carbocycles. The summed E-state index contributed by atoms with van der Waals surface area (Å²) in [6, 6.07) is 2.14. The second-order valence-electron chi connectivity index (χ2n) is 3.94. The smallest absolute Gasteiger partial charge is 0.271 e. The van der Waals surface area contributed by atoms with E-state index in [2.05, 4.69) is 5.32 Å². The van der Waals surface area contributed by atoms with Gasteiger partial charge in [0.2, 0.25) is 0 Å². The Kier molecular flexibility index (Phi) is 5.53. The van der Waals surface area contributed by atoms with E-state index < -0.39 is 16.9 Å². The predicted molar refractivity (Wildman–Crippen MR) is 71.7 cm³/mol. The Morgan fingerprint density at radius 2 is 2.16 bits per heavy atom. The van der Waals surface area contributed by atoms with E-state index in [4.69, 9.17) is 28.3 Å². The van der Waals surface area contributed by atoms with Gasteiger partial charge in [0, 0.05) is 18.7 Å². The molecular weight excluding hydrogens is 295 g/mol. The third-order valence-electron chi connectivity index (χ3n) is 2.32. The molecule has 0 heterocycles. The summed E-state index contributed by atoms with van der Waals surface area (Å²) in [5.74, 6) is -0.573. The van der Waals surface area contributed by atoms with Crippen LogP contribution in [0.3, 0.4) is 0 Å². The highest BCUT2D eigenvalue weighted by molar-refractivity contribution is 6.44. The fourth-order valence-electron chi connectivity index (χ4n) is 1.34. The number of hydrogen-bond acceptors (Lipinski definition) is 4. The highest BCUT2D eigenvalue weighted by atomic mass is 35.5. The molecule has 1 unspecified atom stereocenters. The van der Waals surface area contributed by atoms with E-state index in [9.17, 15) is 14.9 Å². The minimum atomic E-state index is -0.658. The molecule has 0 aliphatic rings. The number of aliphatic hydroxyl groups excluding tert-OH is 1. The molecule has 2 N–H and O–H groups in total. The molecule has 1 atom stereocenters. The van der Waals surface area contributed by atoms with Gasteiger partial charge in [-0.2, -0.15) is 0 Å². The van der Waals surface area contributed by atoms with E-state index in [1.807, 2.05) is 0 Å². The van der Waals surface area contributed by atoms with E-state index in [1.165, 1.54) is 0 Å². The lowest BCUT2D eigenvalue weighted by Crippen LogP contribution is -2.26. The molecular formula is C11H12Cl2N2O4. The van der Waals surface area contributed by atoms with Crippen molar-refractivity contribution in [3.05, 3.63) is 37.9 Å². The number of benzene rings is 1. The maximum atomic E-state index is 11.8. The van der Waals surface area contributed by atoms with Gasteiger partial charge in [0.15, 0.2) is 0 Å². The number of amides is 1. The number of nitro groups is 1. The molecule has 19 heavy (non-hydrogen) atoms. The zero-order chi connectivity index (χ0) is 14.6. The Morgan fingerprint density at radius 1 is 1.53 bits per heavy atom.